The van der Waals surface area contributed by atoms with Crippen LogP contribution < -0.4 is 19.7 Å². The minimum atomic E-state index is -0.361. The van der Waals surface area contributed by atoms with E-state index in [0.29, 0.717) is 17.5 Å². The van der Waals surface area contributed by atoms with E-state index in [1.165, 1.54) is 37.8 Å². The first kappa shape index (κ1) is 18.8. The van der Waals surface area contributed by atoms with Gasteiger partial charge in [0.25, 0.3) is 5.91 Å². The molecule has 0 unspecified atom stereocenters. The number of nitrogens with one attached hydrogen (secondary N) is 1. The van der Waals surface area contributed by atoms with Crippen molar-refractivity contribution < 1.29 is 18.7 Å². The van der Waals surface area contributed by atoms with E-state index < -0.39 is 0 Å². The minimum Gasteiger partial charge on any atom is -0.484 e. The van der Waals surface area contributed by atoms with E-state index >= 15 is 0 Å². The topological polar surface area (TPSA) is 89.5 Å². The van der Waals surface area contributed by atoms with E-state index in [-0.39, 0.29) is 30.9 Å². The van der Waals surface area contributed by atoms with Gasteiger partial charge in [-0.3, -0.25) is 4.79 Å². The Bertz CT molecular complexity index is 766. The highest BCUT2D eigenvalue weighted by Gasteiger charge is 2.17. The number of halogens is 1. The Labute approximate surface area is 156 Å². The lowest BCUT2D eigenvalue weighted by Crippen LogP contribution is -2.32. The molecule has 27 heavy (non-hydrogen) atoms. The van der Waals surface area contributed by atoms with Crippen molar-refractivity contribution in [3.05, 3.63) is 35.9 Å². The van der Waals surface area contributed by atoms with Crippen LogP contribution in [0.3, 0.4) is 0 Å². The number of piperidine rings is 1. The number of rotatable bonds is 7. The lowest BCUT2D eigenvalue weighted by molar-refractivity contribution is -0.123. The summed E-state index contributed by atoms with van der Waals surface area (Å²) in [5.41, 5.74) is 0. The lowest BCUT2D eigenvalue weighted by Gasteiger charge is -2.26. The van der Waals surface area contributed by atoms with Crippen LogP contribution in [0.2, 0.25) is 0 Å². The second kappa shape index (κ2) is 9.11. The van der Waals surface area contributed by atoms with Crippen LogP contribution in [-0.2, 0) is 11.3 Å². The first-order chi connectivity index (χ1) is 13.1. The number of amides is 1. The zero-order chi connectivity index (χ0) is 19.1. The maximum Gasteiger partial charge on any atom is 0.321 e. The molecule has 0 atom stereocenters. The highest BCUT2D eigenvalue weighted by atomic mass is 19.1. The van der Waals surface area contributed by atoms with E-state index in [1.807, 2.05) is 0 Å². The van der Waals surface area contributed by atoms with Crippen molar-refractivity contribution in [3.63, 3.8) is 0 Å². The second-order valence-corrected chi connectivity index (χ2v) is 6.11. The third-order valence-corrected chi connectivity index (χ3v) is 4.10. The molecular formula is C18H22FN5O3. The van der Waals surface area contributed by atoms with E-state index in [2.05, 4.69) is 25.2 Å². The summed E-state index contributed by atoms with van der Waals surface area (Å²) < 4.78 is 23.3. The van der Waals surface area contributed by atoms with E-state index in [9.17, 15) is 9.18 Å². The molecule has 0 saturated carbocycles. The third-order valence-electron chi connectivity index (χ3n) is 4.10. The Hall–Kier alpha value is -2.97. The van der Waals surface area contributed by atoms with Crippen LogP contribution in [0.25, 0.3) is 0 Å². The van der Waals surface area contributed by atoms with Crippen LogP contribution in [0.1, 0.15) is 25.1 Å². The summed E-state index contributed by atoms with van der Waals surface area (Å²) in [7, 11) is 1.49. The molecule has 1 aromatic heterocycles. The summed E-state index contributed by atoms with van der Waals surface area (Å²) in [5.74, 6) is 0.699. The molecule has 9 heteroatoms. The fraction of sp³-hybridized carbons (Fsp3) is 0.444. The number of hydrogen-bond acceptors (Lipinski definition) is 7. The van der Waals surface area contributed by atoms with Crippen LogP contribution in [0.4, 0.5) is 10.3 Å². The van der Waals surface area contributed by atoms with E-state index in [4.69, 9.17) is 9.47 Å². The molecule has 0 aliphatic carbocycles. The summed E-state index contributed by atoms with van der Waals surface area (Å²) in [6, 6.07) is 5.69. The maximum atomic E-state index is 12.9. The van der Waals surface area contributed by atoms with Gasteiger partial charge in [-0.1, -0.05) is 0 Å². The molecule has 1 saturated heterocycles. The molecule has 1 aromatic carbocycles. The molecule has 0 radical (unpaired) electrons. The van der Waals surface area contributed by atoms with Gasteiger partial charge in [0.05, 0.1) is 13.7 Å². The normalized spacial score (nSPS) is 13.9. The summed E-state index contributed by atoms with van der Waals surface area (Å²) >= 11 is 0. The Morgan fingerprint density at radius 1 is 1.15 bits per heavy atom. The average molecular weight is 375 g/mol. The van der Waals surface area contributed by atoms with Gasteiger partial charge in [-0.2, -0.15) is 15.0 Å². The molecule has 1 amide bonds. The van der Waals surface area contributed by atoms with Gasteiger partial charge in [0.2, 0.25) is 5.95 Å². The van der Waals surface area contributed by atoms with Crippen LogP contribution in [0.15, 0.2) is 24.3 Å². The molecule has 1 N–H and O–H groups in total. The number of carbonyl (C=O) groups is 1. The average Bonchev–Trinajstić information content (AvgIpc) is 2.72. The van der Waals surface area contributed by atoms with Crippen molar-refractivity contribution in [2.24, 2.45) is 0 Å². The van der Waals surface area contributed by atoms with Crippen molar-refractivity contribution in [1.29, 1.82) is 0 Å². The zero-order valence-electron chi connectivity index (χ0n) is 15.2. The molecule has 1 aliphatic heterocycles. The number of carbonyl (C=O) groups excluding carboxylic acids is 1. The molecule has 0 bridgehead atoms. The van der Waals surface area contributed by atoms with Crippen LogP contribution in [-0.4, -0.2) is 47.7 Å². The zero-order valence-corrected chi connectivity index (χ0v) is 15.2. The van der Waals surface area contributed by atoms with Crippen molar-refractivity contribution in [2.45, 2.75) is 25.8 Å². The van der Waals surface area contributed by atoms with Gasteiger partial charge in [-0.05, 0) is 43.5 Å². The number of hydrogen-bond donors (Lipinski definition) is 1. The quantitative estimate of drug-likeness (QED) is 0.788. The first-order valence-corrected chi connectivity index (χ1v) is 8.83. The molecule has 1 aliphatic rings. The van der Waals surface area contributed by atoms with Gasteiger partial charge in [-0.15, -0.1) is 0 Å². The Kier molecular flexibility index (Phi) is 6.35. The Morgan fingerprint density at radius 2 is 1.89 bits per heavy atom. The van der Waals surface area contributed by atoms with E-state index in [0.717, 1.165) is 25.9 Å². The fourth-order valence-corrected chi connectivity index (χ4v) is 2.70. The van der Waals surface area contributed by atoms with Crippen molar-refractivity contribution in [2.75, 3.05) is 31.7 Å². The van der Waals surface area contributed by atoms with Crippen LogP contribution >= 0.6 is 0 Å². The molecule has 8 nitrogen and oxygen atoms in total. The molecule has 2 aromatic rings. The predicted octanol–water partition coefficient (Wildman–Crippen LogP) is 1.70. The summed E-state index contributed by atoms with van der Waals surface area (Å²) in [6.45, 7) is 1.73. The largest absolute Gasteiger partial charge is 0.484 e. The highest BCUT2D eigenvalue weighted by molar-refractivity contribution is 5.77. The Morgan fingerprint density at radius 3 is 2.59 bits per heavy atom. The van der Waals surface area contributed by atoms with Gasteiger partial charge in [0.15, 0.2) is 12.4 Å². The molecule has 2 heterocycles. The fourth-order valence-electron chi connectivity index (χ4n) is 2.70. The summed E-state index contributed by atoms with van der Waals surface area (Å²) in [4.78, 5) is 27.0. The smallest absolute Gasteiger partial charge is 0.321 e. The van der Waals surface area contributed by atoms with Gasteiger partial charge >= 0.3 is 6.01 Å². The first-order valence-electron chi connectivity index (χ1n) is 8.83. The molecule has 1 fully saturated rings. The SMILES string of the molecule is COc1nc(CNC(=O)COc2ccc(F)cc2)nc(N2CCCCC2)n1. The predicted molar refractivity (Wildman–Crippen MR) is 96.2 cm³/mol. The van der Waals surface area contributed by atoms with Gasteiger partial charge in [0.1, 0.15) is 11.6 Å². The number of benzene rings is 1. The number of ether oxygens (including phenoxy) is 2. The molecule has 3 rings (SSSR count). The summed E-state index contributed by atoms with van der Waals surface area (Å²) in [5, 5.41) is 2.70. The monoisotopic (exact) mass is 375 g/mol. The second-order valence-electron chi connectivity index (χ2n) is 6.11. The Balaban J connectivity index is 1.56. The highest BCUT2D eigenvalue weighted by Crippen LogP contribution is 2.17. The molecular weight excluding hydrogens is 353 g/mol. The maximum absolute atomic E-state index is 12.9. The number of aromatic nitrogens is 3. The van der Waals surface area contributed by atoms with Crippen molar-refractivity contribution >= 4 is 11.9 Å². The number of nitrogens with zero attached hydrogens (tertiary/aromatic N) is 4. The van der Waals surface area contributed by atoms with Gasteiger partial charge < -0.3 is 19.7 Å². The summed E-state index contributed by atoms with van der Waals surface area (Å²) in [6.07, 6.45) is 3.40. The molecule has 0 spiro atoms. The van der Waals surface area contributed by atoms with Crippen LogP contribution in [0.5, 0.6) is 11.8 Å². The van der Waals surface area contributed by atoms with Crippen LogP contribution in [0, 0.1) is 5.82 Å². The van der Waals surface area contributed by atoms with Crippen molar-refractivity contribution in [3.8, 4) is 11.8 Å². The number of anilines is 1. The van der Waals surface area contributed by atoms with Gasteiger partial charge in [-0.25, -0.2) is 4.39 Å². The molecule has 144 valence electrons. The van der Waals surface area contributed by atoms with E-state index in [1.54, 1.807) is 0 Å². The number of methoxy groups -OCH3 is 1. The van der Waals surface area contributed by atoms with Gasteiger partial charge in [0, 0.05) is 13.1 Å². The lowest BCUT2D eigenvalue weighted by atomic mass is 10.1. The minimum absolute atomic E-state index is 0.130. The third kappa shape index (κ3) is 5.50. The van der Waals surface area contributed by atoms with Crippen molar-refractivity contribution in [1.82, 2.24) is 20.3 Å². The standard InChI is InChI=1S/C18H22FN5O3/c1-26-18-22-15(21-17(23-18)24-9-3-2-4-10-24)11-20-16(25)12-27-14-7-5-13(19)6-8-14/h5-8H,2-4,9-12H2,1H3,(H,20,25).